The molecule has 3 atom stereocenters. The standard InChI is InChI=1S/C19H34N2O4/c1-12(2)7-8-15(17(23)19(6)11-25-19)21-16(22)10-20-18(24)14(5)9-13(3)4/h12-15H,7-11H2,1-6H3,(H,20,24)(H,21,22)/t14-,15?,19?/m0/s1. The van der Waals surface area contributed by atoms with Crippen molar-refractivity contribution in [3.63, 3.8) is 0 Å². The molecule has 144 valence electrons. The van der Waals surface area contributed by atoms with Gasteiger partial charge in [0, 0.05) is 5.92 Å². The highest BCUT2D eigenvalue weighted by atomic mass is 16.6. The summed E-state index contributed by atoms with van der Waals surface area (Å²) in [6.07, 6.45) is 2.20. The molecule has 2 unspecified atom stereocenters. The van der Waals surface area contributed by atoms with Crippen molar-refractivity contribution in [2.24, 2.45) is 17.8 Å². The van der Waals surface area contributed by atoms with Crippen LogP contribution in [0.4, 0.5) is 0 Å². The second-order valence-electron chi connectivity index (χ2n) is 8.22. The van der Waals surface area contributed by atoms with Crippen molar-refractivity contribution in [3.05, 3.63) is 0 Å². The fraction of sp³-hybridized carbons (Fsp3) is 0.842. The number of epoxide rings is 1. The Morgan fingerprint density at radius 2 is 1.64 bits per heavy atom. The van der Waals surface area contributed by atoms with Gasteiger partial charge in [0.2, 0.25) is 11.8 Å². The Kier molecular flexibility index (Phi) is 8.06. The fourth-order valence-electron chi connectivity index (χ4n) is 2.79. The lowest BCUT2D eigenvalue weighted by molar-refractivity contribution is -0.131. The average molecular weight is 354 g/mol. The molecule has 6 nitrogen and oxygen atoms in total. The first-order valence-corrected chi connectivity index (χ1v) is 9.30. The fourth-order valence-corrected chi connectivity index (χ4v) is 2.79. The Labute approximate surface area is 151 Å². The number of hydrogen-bond donors (Lipinski definition) is 2. The Hall–Kier alpha value is -1.43. The molecule has 1 saturated heterocycles. The summed E-state index contributed by atoms with van der Waals surface area (Å²) in [5.74, 6) is 0.178. The molecule has 0 aromatic heterocycles. The van der Waals surface area contributed by atoms with Crippen LogP contribution in [0.1, 0.15) is 60.8 Å². The van der Waals surface area contributed by atoms with Gasteiger partial charge < -0.3 is 15.4 Å². The lowest BCUT2D eigenvalue weighted by Crippen LogP contribution is -2.49. The van der Waals surface area contributed by atoms with E-state index in [1.54, 1.807) is 6.92 Å². The van der Waals surface area contributed by atoms with Crippen LogP contribution < -0.4 is 10.6 Å². The first-order valence-electron chi connectivity index (χ1n) is 9.30. The van der Waals surface area contributed by atoms with E-state index in [4.69, 9.17) is 4.74 Å². The number of hydrogen-bond acceptors (Lipinski definition) is 4. The third-order valence-electron chi connectivity index (χ3n) is 4.48. The predicted octanol–water partition coefficient (Wildman–Crippen LogP) is 2.06. The third kappa shape index (κ3) is 7.55. The molecular formula is C19H34N2O4. The molecule has 0 saturated carbocycles. The maximum absolute atomic E-state index is 12.5. The van der Waals surface area contributed by atoms with Crippen molar-refractivity contribution in [2.75, 3.05) is 13.2 Å². The smallest absolute Gasteiger partial charge is 0.239 e. The molecule has 1 aliphatic heterocycles. The van der Waals surface area contributed by atoms with E-state index in [0.717, 1.165) is 12.8 Å². The first-order chi connectivity index (χ1) is 11.5. The van der Waals surface area contributed by atoms with Crippen LogP contribution in [0.3, 0.4) is 0 Å². The Morgan fingerprint density at radius 1 is 1.04 bits per heavy atom. The molecule has 0 aliphatic carbocycles. The van der Waals surface area contributed by atoms with Crippen LogP contribution in [0.5, 0.6) is 0 Å². The van der Waals surface area contributed by atoms with Crippen LogP contribution in [-0.4, -0.2) is 42.4 Å². The van der Waals surface area contributed by atoms with Crippen molar-refractivity contribution in [2.45, 2.75) is 72.4 Å². The molecule has 0 aromatic rings. The maximum atomic E-state index is 12.5. The summed E-state index contributed by atoms with van der Waals surface area (Å²) in [6.45, 7) is 12.2. The molecule has 0 spiro atoms. The third-order valence-corrected chi connectivity index (χ3v) is 4.48. The summed E-state index contributed by atoms with van der Waals surface area (Å²) in [4.78, 5) is 36.7. The summed E-state index contributed by atoms with van der Waals surface area (Å²) in [5, 5.41) is 5.43. The van der Waals surface area contributed by atoms with Gasteiger partial charge in [0.15, 0.2) is 5.78 Å². The predicted molar refractivity (Wildman–Crippen MR) is 97.0 cm³/mol. The number of nitrogens with one attached hydrogen (secondary N) is 2. The highest BCUT2D eigenvalue weighted by Gasteiger charge is 2.49. The van der Waals surface area contributed by atoms with E-state index < -0.39 is 11.6 Å². The van der Waals surface area contributed by atoms with Crippen LogP contribution in [0.2, 0.25) is 0 Å². The van der Waals surface area contributed by atoms with Gasteiger partial charge in [-0.2, -0.15) is 0 Å². The first kappa shape index (κ1) is 21.6. The van der Waals surface area contributed by atoms with Crippen molar-refractivity contribution in [3.8, 4) is 0 Å². The van der Waals surface area contributed by atoms with Crippen LogP contribution in [-0.2, 0) is 19.1 Å². The number of amides is 2. The number of carbonyl (C=O) groups excluding carboxylic acids is 3. The zero-order valence-corrected chi connectivity index (χ0v) is 16.5. The second kappa shape index (κ2) is 9.32. The van der Waals surface area contributed by atoms with Gasteiger partial charge in [-0.1, -0.05) is 34.6 Å². The lowest BCUT2D eigenvalue weighted by Gasteiger charge is -2.21. The van der Waals surface area contributed by atoms with Gasteiger partial charge >= 0.3 is 0 Å². The minimum absolute atomic E-state index is 0.0824. The number of carbonyl (C=O) groups is 3. The average Bonchev–Trinajstić information content (AvgIpc) is 3.26. The molecule has 0 aromatic carbocycles. The Balaban J connectivity index is 2.51. The Bertz CT molecular complexity index is 484. The molecule has 1 heterocycles. The van der Waals surface area contributed by atoms with E-state index in [2.05, 4.69) is 38.3 Å². The van der Waals surface area contributed by atoms with Gasteiger partial charge in [-0.05, 0) is 38.0 Å². The van der Waals surface area contributed by atoms with E-state index in [-0.39, 0.29) is 30.1 Å². The van der Waals surface area contributed by atoms with Gasteiger partial charge in [-0.25, -0.2) is 0 Å². The van der Waals surface area contributed by atoms with E-state index in [1.807, 2.05) is 6.92 Å². The van der Waals surface area contributed by atoms with Crippen LogP contribution >= 0.6 is 0 Å². The SMILES string of the molecule is CC(C)CCC(NC(=O)CNC(=O)[C@@H](C)CC(C)C)C(=O)C1(C)CO1. The molecule has 1 aliphatic rings. The number of Topliss-reactive ketones (excluding diaryl/α,β-unsaturated/α-hetero) is 1. The molecule has 1 rings (SSSR count). The summed E-state index contributed by atoms with van der Waals surface area (Å²) < 4.78 is 5.22. The summed E-state index contributed by atoms with van der Waals surface area (Å²) in [6, 6.07) is -0.563. The van der Waals surface area contributed by atoms with Gasteiger partial charge in [0.25, 0.3) is 0 Å². The number of ketones is 1. The maximum Gasteiger partial charge on any atom is 0.239 e. The molecular weight excluding hydrogens is 320 g/mol. The molecule has 2 amide bonds. The molecule has 2 N–H and O–H groups in total. The van der Waals surface area contributed by atoms with E-state index in [1.165, 1.54) is 0 Å². The minimum Gasteiger partial charge on any atom is -0.361 e. The van der Waals surface area contributed by atoms with Crippen LogP contribution in [0.15, 0.2) is 0 Å². The van der Waals surface area contributed by atoms with E-state index in [9.17, 15) is 14.4 Å². The van der Waals surface area contributed by atoms with Crippen molar-refractivity contribution in [1.82, 2.24) is 10.6 Å². The molecule has 1 fully saturated rings. The van der Waals surface area contributed by atoms with E-state index >= 15 is 0 Å². The van der Waals surface area contributed by atoms with Crippen LogP contribution in [0, 0.1) is 17.8 Å². The van der Waals surface area contributed by atoms with Gasteiger partial charge in [-0.15, -0.1) is 0 Å². The molecule has 0 radical (unpaired) electrons. The molecule has 0 bridgehead atoms. The minimum atomic E-state index is -0.760. The summed E-state index contributed by atoms with van der Waals surface area (Å²) in [5.41, 5.74) is -0.760. The highest BCUT2D eigenvalue weighted by molar-refractivity contribution is 5.97. The number of ether oxygens (including phenoxy) is 1. The van der Waals surface area contributed by atoms with Crippen molar-refractivity contribution < 1.29 is 19.1 Å². The van der Waals surface area contributed by atoms with Gasteiger partial charge in [0.1, 0.15) is 5.60 Å². The van der Waals surface area contributed by atoms with Gasteiger partial charge in [-0.3, -0.25) is 14.4 Å². The lowest BCUT2D eigenvalue weighted by atomic mass is 9.94. The van der Waals surface area contributed by atoms with Gasteiger partial charge in [0.05, 0.1) is 19.2 Å². The van der Waals surface area contributed by atoms with Crippen molar-refractivity contribution in [1.29, 1.82) is 0 Å². The zero-order chi connectivity index (χ0) is 19.2. The summed E-state index contributed by atoms with van der Waals surface area (Å²) >= 11 is 0. The Morgan fingerprint density at radius 3 is 2.12 bits per heavy atom. The monoisotopic (exact) mass is 354 g/mol. The van der Waals surface area contributed by atoms with Crippen LogP contribution in [0.25, 0.3) is 0 Å². The normalized spacial score (nSPS) is 21.8. The highest BCUT2D eigenvalue weighted by Crippen LogP contribution is 2.29. The molecule has 25 heavy (non-hydrogen) atoms. The second-order valence-corrected chi connectivity index (χ2v) is 8.22. The topological polar surface area (TPSA) is 87.8 Å². The molecule has 6 heteroatoms. The quantitative estimate of drug-likeness (QED) is 0.556. The number of rotatable bonds is 11. The van der Waals surface area contributed by atoms with E-state index in [0.29, 0.717) is 24.9 Å². The van der Waals surface area contributed by atoms with Crippen molar-refractivity contribution >= 4 is 17.6 Å². The zero-order valence-electron chi connectivity index (χ0n) is 16.5. The largest absolute Gasteiger partial charge is 0.361 e. The summed E-state index contributed by atoms with van der Waals surface area (Å²) in [7, 11) is 0.